The van der Waals surface area contributed by atoms with E-state index in [1.165, 1.54) is 6.92 Å². The number of hydrogen-bond donors (Lipinski definition) is 1. The molecule has 1 atom stereocenters. The Balaban J connectivity index is 2.66. The summed E-state index contributed by atoms with van der Waals surface area (Å²) in [4.78, 5) is 11.8. The molecule has 0 fully saturated rings. The van der Waals surface area contributed by atoms with Gasteiger partial charge in [-0.2, -0.15) is 0 Å². The van der Waals surface area contributed by atoms with Gasteiger partial charge in [-0.3, -0.25) is 4.79 Å². The Kier molecular flexibility index (Phi) is 6.20. The van der Waals surface area contributed by atoms with Crippen molar-refractivity contribution in [1.29, 1.82) is 0 Å². The number of carbonyl (C=O) groups excluding carboxylic acids is 1. The number of rotatable bonds is 7. The largest absolute Gasteiger partial charge is 0.494 e. The van der Waals surface area contributed by atoms with E-state index < -0.39 is 21.0 Å². The Morgan fingerprint density at radius 1 is 1.29 bits per heavy atom. The summed E-state index contributed by atoms with van der Waals surface area (Å²) in [6.07, 6.45) is 1.99. The number of ether oxygens (including phenoxy) is 1. The van der Waals surface area contributed by atoms with Gasteiger partial charge in [-0.05, 0) is 31.4 Å². The van der Waals surface area contributed by atoms with Crippen LogP contribution in [0.4, 0.5) is 5.69 Å². The lowest BCUT2D eigenvalue weighted by molar-refractivity contribution is -0.115. The van der Waals surface area contributed by atoms with Crippen LogP contribution in [0.1, 0.15) is 27.2 Å². The Morgan fingerprint density at radius 3 is 2.52 bits per heavy atom. The van der Waals surface area contributed by atoms with E-state index in [-0.39, 0.29) is 0 Å². The number of carbonyl (C=O) groups is 1. The topological polar surface area (TPSA) is 72.5 Å². The maximum Gasteiger partial charge on any atom is 0.242 e. The first-order chi connectivity index (χ1) is 9.70. The van der Waals surface area contributed by atoms with Crippen LogP contribution in [-0.4, -0.2) is 32.4 Å². The standard InChI is InChI=1S/C15H23NO4S/c1-11(2)8-9-20-14-7-5-6-13(10-14)16-15(17)12(3)21(4,18)19/h5-7,10-12H,8-9H2,1-4H3,(H,16,17)/t12-/m0/s1. The highest BCUT2D eigenvalue weighted by molar-refractivity contribution is 7.92. The molecule has 0 bridgehead atoms. The molecule has 0 saturated heterocycles. The summed E-state index contributed by atoms with van der Waals surface area (Å²) in [5, 5.41) is 1.51. The second-order valence-corrected chi connectivity index (χ2v) is 7.89. The van der Waals surface area contributed by atoms with Crippen molar-refractivity contribution in [2.75, 3.05) is 18.2 Å². The van der Waals surface area contributed by atoms with Gasteiger partial charge in [0.25, 0.3) is 0 Å². The molecule has 5 nitrogen and oxygen atoms in total. The number of amides is 1. The Hall–Kier alpha value is -1.56. The molecule has 1 aromatic carbocycles. The molecule has 0 aliphatic rings. The molecular formula is C15H23NO4S. The van der Waals surface area contributed by atoms with Gasteiger partial charge in [0.05, 0.1) is 6.61 Å². The lowest BCUT2D eigenvalue weighted by Gasteiger charge is -2.12. The van der Waals surface area contributed by atoms with Gasteiger partial charge >= 0.3 is 0 Å². The van der Waals surface area contributed by atoms with Crippen molar-refractivity contribution in [3.05, 3.63) is 24.3 Å². The highest BCUT2D eigenvalue weighted by atomic mass is 32.2. The van der Waals surface area contributed by atoms with Gasteiger partial charge in [0.15, 0.2) is 9.84 Å². The molecule has 0 saturated carbocycles. The minimum Gasteiger partial charge on any atom is -0.494 e. The summed E-state index contributed by atoms with van der Waals surface area (Å²) in [7, 11) is -3.40. The summed E-state index contributed by atoms with van der Waals surface area (Å²) in [5.41, 5.74) is 0.526. The molecule has 21 heavy (non-hydrogen) atoms. The SMILES string of the molecule is CC(C)CCOc1cccc(NC(=O)[C@H](C)S(C)(=O)=O)c1. The lowest BCUT2D eigenvalue weighted by atomic mass is 10.1. The minimum atomic E-state index is -3.40. The second kappa shape index (κ2) is 7.45. The van der Waals surface area contributed by atoms with Crippen LogP contribution in [0.15, 0.2) is 24.3 Å². The van der Waals surface area contributed by atoms with E-state index in [0.29, 0.717) is 24.0 Å². The van der Waals surface area contributed by atoms with E-state index in [0.717, 1.165) is 12.7 Å². The van der Waals surface area contributed by atoms with Crippen molar-refractivity contribution < 1.29 is 17.9 Å². The van der Waals surface area contributed by atoms with Crippen molar-refractivity contribution in [1.82, 2.24) is 0 Å². The van der Waals surface area contributed by atoms with Crippen LogP contribution in [0, 0.1) is 5.92 Å². The first-order valence-electron chi connectivity index (χ1n) is 6.92. The van der Waals surface area contributed by atoms with Crippen LogP contribution in [0.2, 0.25) is 0 Å². The minimum absolute atomic E-state index is 0.526. The van der Waals surface area contributed by atoms with Crippen molar-refractivity contribution in [2.45, 2.75) is 32.4 Å². The van der Waals surface area contributed by atoms with Crippen molar-refractivity contribution in [3.63, 3.8) is 0 Å². The molecule has 1 aromatic rings. The van der Waals surface area contributed by atoms with E-state index in [4.69, 9.17) is 4.74 Å². The number of hydrogen-bond acceptors (Lipinski definition) is 4. The zero-order valence-electron chi connectivity index (χ0n) is 12.9. The molecule has 0 aliphatic carbocycles. The van der Waals surface area contributed by atoms with Crippen molar-refractivity contribution in [3.8, 4) is 5.75 Å². The summed E-state index contributed by atoms with van der Waals surface area (Å²) >= 11 is 0. The molecule has 0 aromatic heterocycles. The van der Waals surface area contributed by atoms with Crippen LogP contribution < -0.4 is 10.1 Å². The van der Waals surface area contributed by atoms with Gasteiger partial charge in [0.2, 0.25) is 5.91 Å². The van der Waals surface area contributed by atoms with Crippen LogP contribution in [0.5, 0.6) is 5.75 Å². The van der Waals surface area contributed by atoms with E-state index in [1.807, 2.05) is 0 Å². The monoisotopic (exact) mass is 313 g/mol. The van der Waals surface area contributed by atoms with Gasteiger partial charge in [-0.15, -0.1) is 0 Å². The summed E-state index contributed by atoms with van der Waals surface area (Å²) < 4.78 is 28.3. The Morgan fingerprint density at radius 2 is 1.95 bits per heavy atom. The van der Waals surface area contributed by atoms with Crippen molar-refractivity contribution >= 4 is 21.4 Å². The predicted molar refractivity (Wildman–Crippen MR) is 84.3 cm³/mol. The first-order valence-corrected chi connectivity index (χ1v) is 8.88. The maximum atomic E-state index is 11.8. The smallest absolute Gasteiger partial charge is 0.242 e. The van der Waals surface area contributed by atoms with Crippen molar-refractivity contribution in [2.24, 2.45) is 5.92 Å². The summed E-state index contributed by atoms with van der Waals surface area (Å²) in [6.45, 7) is 6.21. The van der Waals surface area contributed by atoms with Gasteiger partial charge in [0.1, 0.15) is 11.0 Å². The van der Waals surface area contributed by atoms with E-state index in [1.54, 1.807) is 24.3 Å². The molecule has 1 N–H and O–H groups in total. The third-order valence-corrected chi connectivity index (χ3v) is 4.58. The highest BCUT2D eigenvalue weighted by Crippen LogP contribution is 2.18. The van der Waals surface area contributed by atoms with Gasteiger partial charge in [-0.1, -0.05) is 19.9 Å². The van der Waals surface area contributed by atoms with Crippen LogP contribution in [0.3, 0.4) is 0 Å². The number of nitrogens with one attached hydrogen (secondary N) is 1. The van der Waals surface area contributed by atoms with E-state index in [9.17, 15) is 13.2 Å². The summed E-state index contributed by atoms with van der Waals surface area (Å²) in [5.74, 6) is 0.667. The third-order valence-electron chi connectivity index (χ3n) is 3.08. The average molecular weight is 313 g/mol. The normalized spacial score (nSPS) is 13.0. The first kappa shape index (κ1) is 17.5. The fourth-order valence-electron chi connectivity index (χ4n) is 1.51. The molecule has 0 radical (unpaired) electrons. The second-order valence-electron chi connectivity index (χ2n) is 5.52. The zero-order chi connectivity index (χ0) is 16.0. The fourth-order valence-corrected chi connectivity index (χ4v) is 1.96. The summed E-state index contributed by atoms with van der Waals surface area (Å²) in [6, 6.07) is 6.94. The van der Waals surface area contributed by atoms with Crippen LogP contribution >= 0.6 is 0 Å². The lowest BCUT2D eigenvalue weighted by Crippen LogP contribution is -2.31. The molecule has 0 spiro atoms. The van der Waals surface area contributed by atoms with Gasteiger partial charge < -0.3 is 10.1 Å². The van der Waals surface area contributed by atoms with E-state index in [2.05, 4.69) is 19.2 Å². The molecule has 118 valence electrons. The van der Waals surface area contributed by atoms with Gasteiger partial charge in [0, 0.05) is 18.0 Å². The Bertz CT molecular complexity index is 581. The predicted octanol–water partition coefficient (Wildman–Crippen LogP) is 2.48. The van der Waals surface area contributed by atoms with Crippen LogP contribution in [-0.2, 0) is 14.6 Å². The quantitative estimate of drug-likeness (QED) is 0.839. The number of anilines is 1. The zero-order valence-corrected chi connectivity index (χ0v) is 13.7. The molecular weight excluding hydrogens is 290 g/mol. The number of sulfone groups is 1. The number of benzene rings is 1. The average Bonchev–Trinajstić information content (AvgIpc) is 2.36. The fraction of sp³-hybridized carbons (Fsp3) is 0.533. The van der Waals surface area contributed by atoms with Crippen LogP contribution in [0.25, 0.3) is 0 Å². The highest BCUT2D eigenvalue weighted by Gasteiger charge is 2.23. The third kappa shape index (κ3) is 6.16. The Labute approximate surface area is 126 Å². The van der Waals surface area contributed by atoms with Gasteiger partial charge in [-0.25, -0.2) is 8.42 Å². The molecule has 1 amide bonds. The molecule has 6 heteroatoms. The molecule has 1 rings (SSSR count). The molecule has 0 unspecified atom stereocenters. The molecule has 0 heterocycles. The van der Waals surface area contributed by atoms with E-state index >= 15 is 0 Å². The maximum absolute atomic E-state index is 11.8. The molecule has 0 aliphatic heterocycles.